The monoisotopic (exact) mass is 331 g/mol. The minimum absolute atomic E-state index is 0.0987. The number of carbonyl (C=O) groups is 1. The van der Waals surface area contributed by atoms with Crippen LogP contribution in [0, 0.1) is 0 Å². The highest BCUT2D eigenvalue weighted by atomic mass is 35.5. The minimum Gasteiger partial charge on any atom is -0.381 e. The van der Waals surface area contributed by atoms with Crippen LogP contribution in [0.4, 0.5) is 5.69 Å². The molecule has 1 saturated carbocycles. The summed E-state index contributed by atoms with van der Waals surface area (Å²) in [6.07, 6.45) is 7.18. The van der Waals surface area contributed by atoms with E-state index in [1.165, 1.54) is 25.7 Å². The van der Waals surface area contributed by atoms with Crippen molar-refractivity contribution in [3.63, 3.8) is 0 Å². The highest BCUT2D eigenvalue weighted by Gasteiger charge is 2.22. The smallest absolute Gasteiger partial charge is 0.270 e. The molecule has 4 nitrogen and oxygen atoms in total. The molecule has 2 aliphatic rings. The maximum Gasteiger partial charge on any atom is 0.270 e. The van der Waals surface area contributed by atoms with Gasteiger partial charge in [-0.15, -0.1) is 0 Å². The fourth-order valence-corrected chi connectivity index (χ4v) is 4.04. The van der Waals surface area contributed by atoms with Crippen molar-refractivity contribution in [2.24, 2.45) is 0 Å². The summed E-state index contributed by atoms with van der Waals surface area (Å²) in [7, 11) is 0. The Balaban J connectivity index is 1.67. The molecule has 2 N–H and O–H groups in total. The molecule has 23 heavy (non-hydrogen) atoms. The molecule has 2 fully saturated rings. The van der Waals surface area contributed by atoms with E-state index in [4.69, 9.17) is 11.6 Å². The lowest BCUT2D eigenvalue weighted by molar-refractivity contribution is 0.0788. The molecular formula is C18H22ClN3O. The van der Waals surface area contributed by atoms with Gasteiger partial charge in [0, 0.05) is 29.5 Å². The van der Waals surface area contributed by atoms with Gasteiger partial charge in [0.1, 0.15) is 5.69 Å². The maximum absolute atomic E-state index is 12.6. The van der Waals surface area contributed by atoms with E-state index in [0.29, 0.717) is 16.8 Å². The first kappa shape index (κ1) is 14.9. The first-order valence-electron chi connectivity index (χ1n) is 8.59. The van der Waals surface area contributed by atoms with Crippen LogP contribution in [0.2, 0.25) is 5.02 Å². The molecule has 5 heteroatoms. The van der Waals surface area contributed by atoms with Crippen molar-refractivity contribution in [3.8, 4) is 0 Å². The number of benzene rings is 1. The molecule has 1 aromatic heterocycles. The largest absolute Gasteiger partial charge is 0.381 e. The van der Waals surface area contributed by atoms with E-state index in [1.807, 2.05) is 23.1 Å². The first-order valence-corrected chi connectivity index (χ1v) is 8.96. The third kappa shape index (κ3) is 2.92. The van der Waals surface area contributed by atoms with Gasteiger partial charge in [-0.3, -0.25) is 4.79 Å². The number of aromatic nitrogens is 1. The molecule has 0 atom stereocenters. The summed E-state index contributed by atoms with van der Waals surface area (Å²) in [4.78, 5) is 17.9. The lowest BCUT2D eigenvalue weighted by Crippen LogP contribution is -2.27. The van der Waals surface area contributed by atoms with Gasteiger partial charge < -0.3 is 15.2 Å². The third-order valence-corrected chi connectivity index (χ3v) is 5.25. The van der Waals surface area contributed by atoms with E-state index < -0.39 is 0 Å². The zero-order valence-electron chi connectivity index (χ0n) is 13.2. The standard InChI is InChI=1S/C18H22ClN3O/c19-13-9-12-10-16(18(23)22-7-3-4-8-22)21-17(12)15(11-13)20-14-5-1-2-6-14/h9-11,14,20-21H,1-8H2. The summed E-state index contributed by atoms with van der Waals surface area (Å²) in [6, 6.07) is 6.33. The summed E-state index contributed by atoms with van der Waals surface area (Å²) in [5.74, 6) is 0.0987. The second kappa shape index (κ2) is 6.08. The molecule has 1 saturated heterocycles. The number of halogens is 1. The Hall–Kier alpha value is -1.68. The number of hydrogen-bond acceptors (Lipinski definition) is 2. The molecule has 0 spiro atoms. The Kier molecular flexibility index (Phi) is 3.93. The van der Waals surface area contributed by atoms with Crippen LogP contribution in [0.3, 0.4) is 0 Å². The zero-order chi connectivity index (χ0) is 15.8. The van der Waals surface area contributed by atoms with E-state index in [9.17, 15) is 4.79 Å². The van der Waals surface area contributed by atoms with Crippen molar-refractivity contribution in [3.05, 3.63) is 28.9 Å². The van der Waals surface area contributed by atoms with Crippen LogP contribution in [0.25, 0.3) is 10.9 Å². The quantitative estimate of drug-likeness (QED) is 0.875. The normalized spacial score (nSPS) is 18.9. The molecule has 1 aromatic carbocycles. The molecule has 4 rings (SSSR count). The average molecular weight is 332 g/mol. The van der Waals surface area contributed by atoms with Gasteiger partial charge in [0.2, 0.25) is 0 Å². The first-order chi connectivity index (χ1) is 11.2. The lowest BCUT2D eigenvalue weighted by atomic mass is 10.2. The van der Waals surface area contributed by atoms with Crippen molar-refractivity contribution >= 4 is 34.1 Å². The van der Waals surface area contributed by atoms with Gasteiger partial charge in [-0.05, 0) is 43.9 Å². The number of amides is 1. The summed E-state index contributed by atoms with van der Waals surface area (Å²) in [5.41, 5.74) is 2.67. The second-order valence-corrected chi connectivity index (χ2v) is 7.16. The van der Waals surface area contributed by atoms with E-state index in [-0.39, 0.29) is 5.91 Å². The molecule has 0 unspecified atom stereocenters. The molecule has 2 heterocycles. The highest BCUT2D eigenvalue weighted by Crippen LogP contribution is 2.31. The minimum atomic E-state index is 0.0987. The Labute approximate surface area is 141 Å². The predicted molar refractivity (Wildman–Crippen MR) is 94.3 cm³/mol. The fourth-order valence-electron chi connectivity index (χ4n) is 3.82. The number of likely N-dealkylation sites (tertiary alicyclic amines) is 1. The van der Waals surface area contributed by atoms with Crippen LogP contribution >= 0.6 is 11.6 Å². The van der Waals surface area contributed by atoms with Crippen molar-refractivity contribution in [1.29, 1.82) is 0 Å². The molecule has 0 bridgehead atoms. The van der Waals surface area contributed by atoms with E-state index >= 15 is 0 Å². The number of hydrogen-bond donors (Lipinski definition) is 2. The van der Waals surface area contributed by atoms with Crippen LogP contribution < -0.4 is 5.32 Å². The number of nitrogens with one attached hydrogen (secondary N) is 2. The Morgan fingerprint density at radius 2 is 1.87 bits per heavy atom. The van der Waals surface area contributed by atoms with Crippen LogP contribution in [-0.4, -0.2) is 34.9 Å². The van der Waals surface area contributed by atoms with Crippen molar-refractivity contribution in [1.82, 2.24) is 9.88 Å². The topological polar surface area (TPSA) is 48.1 Å². The van der Waals surface area contributed by atoms with Crippen LogP contribution in [0.5, 0.6) is 0 Å². The van der Waals surface area contributed by atoms with E-state index in [0.717, 1.165) is 42.5 Å². The maximum atomic E-state index is 12.6. The summed E-state index contributed by atoms with van der Waals surface area (Å²) >= 11 is 6.28. The van der Waals surface area contributed by atoms with Crippen LogP contribution in [0.1, 0.15) is 49.0 Å². The number of nitrogens with zero attached hydrogens (tertiary/aromatic N) is 1. The number of anilines is 1. The van der Waals surface area contributed by atoms with Crippen LogP contribution in [0.15, 0.2) is 18.2 Å². The number of H-pyrrole nitrogens is 1. The average Bonchev–Trinajstić information content (AvgIpc) is 3.27. The molecule has 1 amide bonds. The molecule has 0 radical (unpaired) electrons. The van der Waals surface area contributed by atoms with Gasteiger partial charge in [0.25, 0.3) is 5.91 Å². The van der Waals surface area contributed by atoms with E-state index in [2.05, 4.69) is 10.3 Å². The van der Waals surface area contributed by atoms with Crippen molar-refractivity contribution < 1.29 is 4.79 Å². The molecule has 122 valence electrons. The molecule has 1 aliphatic carbocycles. The number of fused-ring (bicyclic) bond motifs is 1. The lowest BCUT2D eigenvalue weighted by Gasteiger charge is -2.15. The van der Waals surface area contributed by atoms with Gasteiger partial charge in [0.15, 0.2) is 0 Å². The Morgan fingerprint density at radius 1 is 1.13 bits per heavy atom. The highest BCUT2D eigenvalue weighted by molar-refractivity contribution is 6.32. The SMILES string of the molecule is O=C(c1cc2cc(Cl)cc(NC3CCCC3)c2[nH]1)N1CCCC1. The van der Waals surface area contributed by atoms with Gasteiger partial charge >= 0.3 is 0 Å². The van der Waals surface area contributed by atoms with Gasteiger partial charge in [-0.1, -0.05) is 24.4 Å². The zero-order valence-corrected chi connectivity index (χ0v) is 14.0. The third-order valence-electron chi connectivity index (χ3n) is 5.03. The molecule has 1 aliphatic heterocycles. The van der Waals surface area contributed by atoms with Crippen LogP contribution in [-0.2, 0) is 0 Å². The summed E-state index contributed by atoms with van der Waals surface area (Å²) < 4.78 is 0. The predicted octanol–water partition coefficient (Wildman–Crippen LogP) is 4.41. The van der Waals surface area contributed by atoms with Crippen molar-refractivity contribution in [2.45, 2.75) is 44.6 Å². The van der Waals surface area contributed by atoms with E-state index in [1.54, 1.807) is 0 Å². The molecule has 2 aromatic rings. The fraction of sp³-hybridized carbons (Fsp3) is 0.500. The Bertz CT molecular complexity index is 727. The summed E-state index contributed by atoms with van der Waals surface area (Å²) in [5, 5.41) is 5.31. The second-order valence-electron chi connectivity index (χ2n) is 6.73. The van der Waals surface area contributed by atoms with Gasteiger partial charge in [-0.2, -0.15) is 0 Å². The number of aromatic amines is 1. The van der Waals surface area contributed by atoms with Crippen molar-refractivity contribution in [2.75, 3.05) is 18.4 Å². The van der Waals surface area contributed by atoms with Gasteiger partial charge in [0.05, 0.1) is 11.2 Å². The number of rotatable bonds is 3. The Morgan fingerprint density at radius 3 is 2.61 bits per heavy atom. The number of carbonyl (C=O) groups excluding carboxylic acids is 1. The summed E-state index contributed by atoms with van der Waals surface area (Å²) in [6.45, 7) is 1.73. The molecular weight excluding hydrogens is 310 g/mol. The van der Waals surface area contributed by atoms with Gasteiger partial charge in [-0.25, -0.2) is 0 Å².